The van der Waals surface area contributed by atoms with Gasteiger partial charge in [-0.15, -0.1) is 11.3 Å². The summed E-state index contributed by atoms with van der Waals surface area (Å²) in [5.74, 6) is -1.31. The highest BCUT2D eigenvalue weighted by molar-refractivity contribution is 7.10. The van der Waals surface area contributed by atoms with Gasteiger partial charge >= 0.3 is 5.97 Å². The largest absolute Gasteiger partial charge is 0.440 e. The Balaban J connectivity index is 1.48. The predicted octanol–water partition coefficient (Wildman–Crippen LogP) is 3.04. The number of hydrogen-bond acceptors (Lipinski definition) is 5. The number of imide groups is 1. The summed E-state index contributed by atoms with van der Waals surface area (Å²) in [6.07, 6.45) is 4.11. The molecule has 0 N–H and O–H groups in total. The van der Waals surface area contributed by atoms with Crippen LogP contribution >= 0.6 is 11.3 Å². The number of aryl methyl sites for hydroxylation is 1. The molecule has 122 valence electrons. The molecule has 2 aliphatic rings. The summed E-state index contributed by atoms with van der Waals surface area (Å²) in [7, 11) is 0. The van der Waals surface area contributed by atoms with Gasteiger partial charge in [0.05, 0.1) is 16.7 Å². The Labute approximate surface area is 142 Å². The Morgan fingerprint density at radius 1 is 1.08 bits per heavy atom. The van der Waals surface area contributed by atoms with Crippen molar-refractivity contribution in [1.29, 1.82) is 0 Å². The van der Waals surface area contributed by atoms with Crippen LogP contribution in [0.1, 0.15) is 54.4 Å². The summed E-state index contributed by atoms with van der Waals surface area (Å²) >= 11 is 1.58. The first-order valence-corrected chi connectivity index (χ1v) is 8.76. The highest BCUT2D eigenvalue weighted by atomic mass is 32.1. The lowest BCUT2D eigenvalue weighted by molar-refractivity contribution is 0.0227. The van der Waals surface area contributed by atoms with Crippen LogP contribution in [0.15, 0.2) is 29.6 Å². The van der Waals surface area contributed by atoms with Crippen molar-refractivity contribution in [3.05, 3.63) is 56.8 Å². The van der Waals surface area contributed by atoms with Gasteiger partial charge in [-0.05, 0) is 43.4 Å². The number of amides is 2. The van der Waals surface area contributed by atoms with E-state index in [1.807, 2.05) is 5.38 Å². The van der Waals surface area contributed by atoms with Gasteiger partial charge in [-0.2, -0.15) is 0 Å². The second kappa shape index (κ2) is 5.87. The molecule has 24 heavy (non-hydrogen) atoms. The molecule has 1 aliphatic carbocycles. The average Bonchev–Trinajstić information content (AvgIpc) is 3.14. The maximum absolute atomic E-state index is 12.4. The first-order chi connectivity index (χ1) is 11.7. The number of hydrogen-bond donors (Lipinski definition) is 0. The minimum absolute atomic E-state index is 0.351. The maximum Gasteiger partial charge on any atom is 0.341 e. The van der Waals surface area contributed by atoms with E-state index in [1.165, 1.54) is 4.88 Å². The van der Waals surface area contributed by atoms with E-state index in [0.29, 0.717) is 16.7 Å². The molecule has 4 rings (SSSR count). The summed E-state index contributed by atoms with van der Waals surface area (Å²) in [5, 5.41) is 1.82. The van der Waals surface area contributed by atoms with Gasteiger partial charge < -0.3 is 4.74 Å². The van der Waals surface area contributed by atoms with Gasteiger partial charge in [-0.25, -0.2) is 9.69 Å². The van der Waals surface area contributed by atoms with Crippen molar-refractivity contribution >= 4 is 29.1 Å². The van der Waals surface area contributed by atoms with Crippen molar-refractivity contribution in [2.45, 2.75) is 25.7 Å². The fourth-order valence-corrected chi connectivity index (χ4v) is 4.34. The molecule has 0 saturated carbocycles. The molecule has 5 nitrogen and oxygen atoms in total. The molecule has 0 unspecified atom stereocenters. The fourth-order valence-electron chi connectivity index (χ4n) is 3.22. The first kappa shape index (κ1) is 15.1. The number of thiophene rings is 1. The van der Waals surface area contributed by atoms with Gasteiger partial charge in [-0.1, -0.05) is 12.1 Å². The van der Waals surface area contributed by atoms with E-state index < -0.39 is 17.8 Å². The van der Waals surface area contributed by atoms with Gasteiger partial charge in [0.2, 0.25) is 0 Å². The second-order valence-corrected chi connectivity index (χ2v) is 6.87. The average molecular weight is 341 g/mol. The molecule has 1 aromatic carbocycles. The number of carbonyl (C=O) groups is 3. The van der Waals surface area contributed by atoms with Crippen LogP contribution in [0.3, 0.4) is 0 Å². The van der Waals surface area contributed by atoms with Gasteiger partial charge in [0.25, 0.3) is 11.8 Å². The highest BCUT2D eigenvalue weighted by Gasteiger charge is 2.36. The monoisotopic (exact) mass is 341 g/mol. The third-order valence-electron chi connectivity index (χ3n) is 4.48. The molecule has 0 atom stereocenters. The molecular weight excluding hydrogens is 326 g/mol. The lowest BCUT2D eigenvalue weighted by Crippen LogP contribution is -2.33. The van der Waals surface area contributed by atoms with E-state index in [0.717, 1.165) is 36.1 Å². The SMILES string of the molecule is O=C(OCN1C(=O)c2ccccc2C1=O)c1csc2c1CCCC2. The van der Waals surface area contributed by atoms with Crippen molar-refractivity contribution in [2.24, 2.45) is 0 Å². The number of carbonyl (C=O) groups excluding carboxylic acids is 3. The van der Waals surface area contributed by atoms with Gasteiger partial charge in [0.1, 0.15) is 0 Å². The molecule has 2 aromatic rings. The number of nitrogens with zero attached hydrogens (tertiary/aromatic N) is 1. The van der Waals surface area contributed by atoms with Crippen molar-refractivity contribution in [3.63, 3.8) is 0 Å². The topological polar surface area (TPSA) is 63.7 Å². The minimum atomic E-state index is -0.467. The van der Waals surface area contributed by atoms with Crippen molar-refractivity contribution in [3.8, 4) is 0 Å². The summed E-state index contributed by atoms with van der Waals surface area (Å²) in [6.45, 7) is -0.351. The third kappa shape index (κ3) is 2.34. The number of benzene rings is 1. The summed E-state index contributed by atoms with van der Waals surface area (Å²) in [4.78, 5) is 39.1. The molecule has 0 fully saturated rings. The summed E-state index contributed by atoms with van der Waals surface area (Å²) < 4.78 is 5.26. The minimum Gasteiger partial charge on any atom is -0.440 e. The van der Waals surface area contributed by atoms with E-state index in [4.69, 9.17) is 4.74 Å². The van der Waals surface area contributed by atoms with E-state index in [1.54, 1.807) is 35.6 Å². The van der Waals surface area contributed by atoms with Crippen LogP contribution in [0.25, 0.3) is 0 Å². The van der Waals surface area contributed by atoms with Gasteiger partial charge in [-0.3, -0.25) is 9.59 Å². The molecule has 2 heterocycles. The molecule has 6 heteroatoms. The fraction of sp³-hybridized carbons (Fsp3) is 0.278. The van der Waals surface area contributed by atoms with E-state index >= 15 is 0 Å². The molecular formula is C18H15NO4S. The number of fused-ring (bicyclic) bond motifs is 2. The molecule has 0 saturated heterocycles. The normalized spacial score (nSPS) is 16.1. The van der Waals surface area contributed by atoms with Crippen molar-refractivity contribution < 1.29 is 19.1 Å². The third-order valence-corrected chi connectivity index (χ3v) is 5.57. The summed E-state index contributed by atoms with van der Waals surface area (Å²) in [5.41, 5.74) is 2.35. The van der Waals surface area contributed by atoms with E-state index in [9.17, 15) is 14.4 Å². The van der Waals surface area contributed by atoms with Crippen molar-refractivity contribution in [2.75, 3.05) is 6.73 Å². The first-order valence-electron chi connectivity index (χ1n) is 7.88. The molecule has 1 aromatic heterocycles. The Morgan fingerprint density at radius 2 is 1.75 bits per heavy atom. The molecule has 0 spiro atoms. The van der Waals surface area contributed by atoms with Crippen LogP contribution < -0.4 is 0 Å². The summed E-state index contributed by atoms with van der Waals surface area (Å²) in [6, 6.07) is 6.62. The quantitative estimate of drug-likeness (QED) is 0.636. The Hall–Kier alpha value is -2.47. The lowest BCUT2D eigenvalue weighted by atomic mass is 9.96. The molecule has 0 bridgehead atoms. The molecule has 1 aliphatic heterocycles. The standard InChI is InChI=1S/C18H15NO4S/c20-16-12-6-1-2-7-13(12)17(21)19(16)10-23-18(22)14-9-24-15-8-4-3-5-11(14)15/h1-2,6-7,9H,3-5,8,10H2. The van der Waals surface area contributed by atoms with Crippen LogP contribution in [0, 0.1) is 0 Å². The van der Waals surface area contributed by atoms with Gasteiger partial charge in [0.15, 0.2) is 6.73 Å². The molecule has 2 amide bonds. The maximum atomic E-state index is 12.4. The zero-order valence-electron chi connectivity index (χ0n) is 12.9. The smallest absolute Gasteiger partial charge is 0.341 e. The predicted molar refractivity (Wildman–Crippen MR) is 88.2 cm³/mol. The van der Waals surface area contributed by atoms with E-state index in [-0.39, 0.29) is 6.73 Å². The zero-order chi connectivity index (χ0) is 16.7. The number of esters is 1. The van der Waals surface area contributed by atoms with Gasteiger partial charge in [0, 0.05) is 10.3 Å². The Kier molecular flexibility index (Phi) is 3.69. The number of ether oxygens (including phenoxy) is 1. The van der Waals surface area contributed by atoms with Crippen LogP contribution in [0.5, 0.6) is 0 Å². The van der Waals surface area contributed by atoms with Crippen LogP contribution in [-0.2, 0) is 17.6 Å². The zero-order valence-corrected chi connectivity index (χ0v) is 13.7. The second-order valence-electron chi connectivity index (χ2n) is 5.90. The number of rotatable bonds is 3. The highest BCUT2D eigenvalue weighted by Crippen LogP contribution is 2.31. The van der Waals surface area contributed by atoms with Crippen LogP contribution in [0.2, 0.25) is 0 Å². The van der Waals surface area contributed by atoms with Crippen molar-refractivity contribution in [1.82, 2.24) is 4.90 Å². The van der Waals surface area contributed by atoms with E-state index in [2.05, 4.69) is 0 Å². The lowest BCUT2D eigenvalue weighted by Gasteiger charge is -2.15. The Bertz CT molecular complexity index is 819. The van der Waals surface area contributed by atoms with Crippen LogP contribution in [0.4, 0.5) is 0 Å². The molecule has 0 radical (unpaired) electrons. The van der Waals surface area contributed by atoms with Crippen LogP contribution in [-0.4, -0.2) is 29.4 Å². The Morgan fingerprint density at radius 3 is 2.46 bits per heavy atom.